The van der Waals surface area contributed by atoms with Crippen LogP contribution >= 0.6 is 11.8 Å². The molecule has 0 radical (unpaired) electrons. The molecule has 0 aliphatic carbocycles. The van der Waals surface area contributed by atoms with Gasteiger partial charge >= 0.3 is 5.97 Å². The van der Waals surface area contributed by atoms with Crippen LogP contribution in [0.15, 0.2) is 10.6 Å². The van der Waals surface area contributed by atoms with Crippen LogP contribution in [0.5, 0.6) is 0 Å². The number of carbonyl (C=O) groups excluding carboxylic acids is 1. The third kappa shape index (κ3) is 3.17. The highest BCUT2D eigenvalue weighted by molar-refractivity contribution is 8.03. The van der Waals surface area contributed by atoms with E-state index in [0.717, 1.165) is 30.8 Å². The molecule has 156 valence electrons. The van der Waals surface area contributed by atoms with Crippen LogP contribution in [-0.4, -0.2) is 81.3 Å². The maximum absolute atomic E-state index is 12.4. The molecule has 4 rings (SSSR count). The number of carbonyl (C=O) groups is 2. The topological polar surface area (TPSA) is 122 Å². The molecule has 1 amide bonds. The fourth-order valence-corrected chi connectivity index (χ4v) is 6.73. The van der Waals surface area contributed by atoms with Crippen molar-refractivity contribution in [3.05, 3.63) is 10.6 Å². The monoisotopic (exact) mass is 411 g/mol. The predicted octanol–water partition coefficient (Wildman–Crippen LogP) is -0.426. The number of aliphatic carboxylic acids is 1. The maximum Gasteiger partial charge on any atom is 0.353 e. The van der Waals surface area contributed by atoms with Crippen molar-refractivity contribution in [1.29, 1.82) is 0 Å². The van der Waals surface area contributed by atoms with Crippen LogP contribution in [0, 0.1) is 17.8 Å². The summed E-state index contributed by atoms with van der Waals surface area (Å²) in [5.41, 5.74) is 0.0772. The summed E-state index contributed by atoms with van der Waals surface area (Å²) in [6.45, 7) is 6.00. The van der Waals surface area contributed by atoms with Crippen molar-refractivity contribution in [2.45, 2.75) is 56.2 Å². The van der Waals surface area contributed by atoms with Crippen LogP contribution in [0.3, 0.4) is 0 Å². The number of nitrogens with one attached hydrogen (secondary N) is 2. The van der Waals surface area contributed by atoms with Crippen molar-refractivity contribution in [3.8, 4) is 0 Å². The number of aliphatic hydroxyl groups excluding tert-OH is 2. The lowest BCUT2D eigenvalue weighted by atomic mass is 9.79. The van der Waals surface area contributed by atoms with Crippen molar-refractivity contribution in [2.24, 2.45) is 17.8 Å². The fourth-order valence-electron chi connectivity index (χ4n) is 5.24. The van der Waals surface area contributed by atoms with Crippen molar-refractivity contribution < 1.29 is 24.9 Å². The summed E-state index contributed by atoms with van der Waals surface area (Å²) in [5.74, 6) is -1.78. The number of fused-ring (bicyclic) bond motifs is 1. The van der Waals surface area contributed by atoms with Gasteiger partial charge in [-0.25, -0.2) is 4.79 Å². The lowest BCUT2D eigenvalue weighted by Gasteiger charge is -2.46. The summed E-state index contributed by atoms with van der Waals surface area (Å²) in [5, 5.41) is 37.2. The van der Waals surface area contributed by atoms with Gasteiger partial charge in [0.1, 0.15) is 5.70 Å². The van der Waals surface area contributed by atoms with Gasteiger partial charge in [-0.1, -0.05) is 6.92 Å². The molecule has 0 aromatic carbocycles. The first kappa shape index (κ1) is 20.2. The number of carboxylic acids is 1. The normalized spacial score (nSPS) is 39.9. The zero-order valence-corrected chi connectivity index (χ0v) is 17.0. The maximum atomic E-state index is 12.4. The number of nitrogens with zero attached hydrogens (tertiary/aromatic N) is 1. The zero-order valence-electron chi connectivity index (χ0n) is 16.2. The molecule has 4 aliphatic heterocycles. The Bertz CT molecular complexity index is 693. The Morgan fingerprint density at radius 3 is 2.68 bits per heavy atom. The van der Waals surface area contributed by atoms with Gasteiger partial charge in [-0.3, -0.25) is 4.79 Å². The molecule has 3 fully saturated rings. The molecule has 3 saturated heterocycles. The highest BCUT2D eigenvalue weighted by atomic mass is 32.2. The number of amides is 1. The van der Waals surface area contributed by atoms with E-state index >= 15 is 0 Å². The predicted molar refractivity (Wildman–Crippen MR) is 104 cm³/mol. The third-order valence-corrected chi connectivity index (χ3v) is 8.23. The minimum atomic E-state index is -1.09. The molecule has 4 aliphatic rings. The van der Waals surface area contributed by atoms with Gasteiger partial charge in [-0.15, -0.1) is 11.8 Å². The Hall–Kier alpha value is -1.13. The Morgan fingerprint density at radius 2 is 2.07 bits per heavy atom. The molecule has 28 heavy (non-hydrogen) atoms. The Morgan fingerprint density at radius 1 is 1.32 bits per heavy atom. The van der Waals surface area contributed by atoms with Gasteiger partial charge in [0, 0.05) is 41.1 Å². The molecule has 2 unspecified atom stereocenters. The van der Waals surface area contributed by atoms with Crippen LogP contribution in [0.4, 0.5) is 0 Å². The van der Waals surface area contributed by atoms with Crippen molar-refractivity contribution in [2.75, 3.05) is 19.6 Å². The molecule has 0 bridgehead atoms. The average molecular weight is 412 g/mol. The van der Waals surface area contributed by atoms with E-state index in [4.69, 9.17) is 0 Å². The summed E-state index contributed by atoms with van der Waals surface area (Å²) < 4.78 is 0. The van der Waals surface area contributed by atoms with Gasteiger partial charge in [-0.05, 0) is 26.3 Å². The van der Waals surface area contributed by atoms with E-state index in [9.17, 15) is 24.9 Å². The Labute approximate surface area is 168 Å². The molecule has 0 aromatic heterocycles. The van der Waals surface area contributed by atoms with Crippen LogP contribution in [-0.2, 0) is 9.59 Å². The lowest BCUT2D eigenvalue weighted by Crippen LogP contribution is -2.63. The molecule has 0 spiro atoms. The van der Waals surface area contributed by atoms with Crippen molar-refractivity contribution in [1.82, 2.24) is 15.5 Å². The summed E-state index contributed by atoms with van der Waals surface area (Å²) in [7, 11) is 0. The zero-order chi connectivity index (χ0) is 20.2. The quantitative estimate of drug-likeness (QED) is 0.374. The second-order valence-electron chi connectivity index (χ2n) is 8.51. The highest BCUT2D eigenvalue weighted by Gasteiger charge is 2.60. The number of hydrogen-bond acceptors (Lipinski definition) is 7. The van der Waals surface area contributed by atoms with Crippen molar-refractivity contribution >= 4 is 23.6 Å². The molecular formula is C19H29N3O5S. The van der Waals surface area contributed by atoms with Crippen molar-refractivity contribution in [3.63, 3.8) is 0 Å². The fraction of sp³-hybridized carbons (Fsp3) is 0.789. The van der Waals surface area contributed by atoms with Crippen LogP contribution in [0.25, 0.3) is 0 Å². The smallest absolute Gasteiger partial charge is 0.353 e. The van der Waals surface area contributed by atoms with Gasteiger partial charge < -0.3 is 30.9 Å². The number of carboxylic acid groups (broad SMARTS) is 1. The summed E-state index contributed by atoms with van der Waals surface area (Å²) in [4.78, 5) is 26.4. The van der Waals surface area contributed by atoms with E-state index in [1.807, 2.05) is 6.92 Å². The molecule has 5 N–H and O–H groups in total. The van der Waals surface area contributed by atoms with Gasteiger partial charge in [0.2, 0.25) is 5.91 Å². The average Bonchev–Trinajstić information content (AvgIpc) is 3.35. The standard InChI is InChI=1S/C19H29N3O5S/c1-8-14-13(9(2)23)18(25)22(14)15(19(26)27)17(8)28-11-5-12(21-7-11)16(24)10-3-4-20-6-10/h8-14,16,20-21,23-24H,3-7H2,1-2H3,(H,26,27)/t8-,9-,10?,11+,12+,13-,14-,16?/m1/s1. The van der Waals surface area contributed by atoms with E-state index in [1.165, 1.54) is 16.7 Å². The molecule has 0 saturated carbocycles. The second kappa shape index (κ2) is 7.60. The van der Waals surface area contributed by atoms with Gasteiger partial charge in [-0.2, -0.15) is 0 Å². The molecular weight excluding hydrogens is 382 g/mol. The van der Waals surface area contributed by atoms with Gasteiger partial charge in [0.25, 0.3) is 0 Å². The first-order valence-electron chi connectivity index (χ1n) is 10.1. The van der Waals surface area contributed by atoms with Gasteiger partial charge in [0.15, 0.2) is 0 Å². The largest absolute Gasteiger partial charge is 0.477 e. The molecule has 0 aromatic rings. The first-order chi connectivity index (χ1) is 13.3. The second-order valence-corrected chi connectivity index (χ2v) is 9.85. The van der Waals surface area contributed by atoms with Gasteiger partial charge in [0.05, 0.1) is 24.2 Å². The minimum Gasteiger partial charge on any atom is -0.477 e. The number of hydrogen-bond donors (Lipinski definition) is 5. The molecule has 8 nitrogen and oxygen atoms in total. The highest BCUT2D eigenvalue weighted by Crippen LogP contribution is 2.51. The van der Waals surface area contributed by atoms with Crippen LogP contribution in [0.1, 0.15) is 26.7 Å². The van der Waals surface area contributed by atoms with Crippen LogP contribution < -0.4 is 10.6 Å². The van der Waals surface area contributed by atoms with E-state index in [1.54, 1.807) is 6.92 Å². The SMILES string of the molecule is C[C@@H](O)[C@H]1C(=O)N2C(C(=O)O)=C(S[C@@H]3CN[C@H](C(O)C4CCNC4)C3)[C@H](C)[C@H]12. The minimum absolute atomic E-state index is 0.0110. The summed E-state index contributed by atoms with van der Waals surface area (Å²) in [6.07, 6.45) is 0.547. The molecule has 8 atom stereocenters. The summed E-state index contributed by atoms with van der Waals surface area (Å²) in [6, 6.07) is -0.265. The third-order valence-electron chi connectivity index (χ3n) is 6.72. The number of thioether (sulfide) groups is 1. The Balaban J connectivity index is 1.47. The summed E-state index contributed by atoms with van der Waals surface area (Å²) >= 11 is 1.52. The van der Waals surface area contributed by atoms with E-state index in [-0.39, 0.29) is 40.8 Å². The number of β-lactam (4-membered cyclic amide) rings is 1. The molecule has 4 heterocycles. The van der Waals surface area contributed by atoms with E-state index in [2.05, 4.69) is 10.6 Å². The van der Waals surface area contributed by atoms with E-state index in [0.29, 0.717) is 6.54 Å². The lowest BCUT2D eigenvalue weighted by molar-refractivity contribution is -0.163. The first-order valence-corrected chi connectivity index (χ1v) is 11.0. The Kier molecular flexibility index (Phi) is 5.47. The number of rotatable bonds is 6. The van der Waals surface area contributed by atoms with Crippen LogP contribution in [0.2, 0.25) is 0 Å². The number of aliphatic hydroxyl groups is 2. The molecule has 9 heteroatoms. The van der Waals surface area contributed by atoms with E-state index < -0.39 is 24.1 Å².